The number of ether oxygens (including phenoxy) is 3. The summed E-state index contributed by atoms with van der Waals surface area (Å²) in [5, 5.41) is 9.04. The van der Waals surface area contributed by atoms with Gasteiger partial charge in [0.2, 0.25) is 0 Å². The van der Waals surface area contributed by atoms with Gasteiger partial charge in [0.15, 0.2) is 16.7 Å². The van der Waals surface area contributed by atoms with Gasteiger partial charge in [0, 0.05) is 31.1 Å². The lowest BCUT2D eigenvalue weighted by molar-refractivity contribution is 0.0357. The molecule has 3 aromatic rings. The van der Waals surface area contributed by atoms with Crippen molar-refractivity contribution in [2.75, 3.05) is 46.6 Å². The standard InChI is InChI=1S/C18H22N6O3S/c1-25-15-10-14-13(17(20-11-19-14)28-18-21-12-22-23-18)9-16(15)27-6-2-3-24-4-7-26-8-5-24/h9-12H,2-8H2,1H3,(H,21,22,23). The molecule has 1 aliphatic rings. The number of fused-ring (bicyclic) bond motifs is 1. The molecule has 1 saturated heterocycles. The van der Waals surface area contributed by atoms with Crippen molar-refractivity contribution < 1.29 is 14.2 Å². The number of morpholine rings is 1. The first-order valence-corrected chi connectivity index (χ1v) is 9.94. The third-order valence-electron chi connectivity index (χ3n) is 4.45. The number of hydrogen-bond donors (Lipinski definition) is 1. The van der Waals surface area contributed by atoms with Crippen LogP contribution in [0.25, 0.3) is 10.9 Å². The first-order valence-electron chi connectivity index (χ1n) is 9.12. The van der Waals surface area contributed by atoms with E-state index >= 15 is 0 Å². The van der Waals surface area contributed by atoms with Crippen LogP contribution in [0.4, 0.5) is 0 Å². The van der Waals surface area contributed by atoms with Crippen LogP contribution in [0.1, 0.15) is 6.42 Å². The maximum Gasteiger partial charge on any atom is 0.189 e. The molecular weight excluding hydrogens is 380 g/mol. The molecule has 0 saturated carbocycles. The molecule has 3 heterocycles. The van der Waals surface area contributed by atoms with Crippen molar-refractivity contribution in [1.82, 2.24) is 30.0 Å². The number of nitrogens with zero attached hydrogens (tertiary/aromatic N) is 5. The Hall–Kier alpha value is -2.43. The Bertz CT molecular complexity index is 902. The van der Waals surface area contributed by atoms with Crippen molar-refractivity contribution in [3.05, 3.63) is 24.8 Å². The molecule has 0 bridgehead atoms. The van der Waals surface area contributed by atoms with E-state index in [0.717, 1.165) is 55.2 Å². The summed E-state index contributed by atoms with van der Waals surface area (Å²) in [5.74, 6) is 1.35. The van der Waals surface area contributed by atoms with Crippen molar-refractivity contribution >= 4 is 22.7 Å². The molecule has 0 unspecified atom stereocenters. The second-order valence-electron chi connectivity index (χ2n) is 6.25. The predicted molar refractivity (Wildman–Crippen MR) is 104 cm³/mol. The summed E-state index contributed by atoms with van der Waals surface area (Å²) in [6.07, 6.45) is 3.94. The first-order chi connectivity index (χ1) is 13.8. The van der Waals surface area contributed by atoms with Gasteiger partial charge in [-0.05, 0) is 24.2 Å². The molecule has 2 aromatic heterocycles. The summed E-state index contributed by atoms with van der Waals surface area (Å²) in [6.45, 7) is 5.19. The van der Waals surface area contributed by atoms with E-state index < -0.39 is 0 Å². The molecule has 4 rings (SSSR count). The van der Waals surface area contributed by atoms with Crippen LogP contribution in [-0.4, -0.2) is 76.6 Å². The highest BCUT2D eigenvalue weighted by Gasteiger charge is 2.14. The summed E-state index contributed by atoms with van der Waals surface area (Å²) in [6, 6.07) is 3.81. The molecule has 1 aromatic carbocycles. The van der Waals surface area contributed by atoms with Gasteiger partial charge in [-0.2, -0.15) is 5.10 Å². The second kappa shape index (κ2) is 9.18. The molecule has 1 N–H and O–H groups in total. The monoisotopic (exact) mass is 402 g/mol. The molecule has 1 fully saturated rings. The minimum Gasteiger partial charge on any atom is -0.493 e. The molecular formula is C18H22N6O3S. The lowest BCUT2D eigenvalue weighted by atomic mass is 10.2. The van der Waals surface area contributed by atoms with E-state index in [-0.39, 0.29) is 0 Å². The summed E-state index contributed by atoms with van der Waals surface area (Å²) in [4.78, 5) is 15.3. The molecule has 0 spiro atoms. The summed E-state index contributed by atoms with van der Waals surface area (Å²) in [5.41, 5.74) is 0.787. The van der Waals surface area contributed by atoms with Crippen LogP contribution in [0.15, 0.2) is 35.0 Å². The van der Waals surface area contributed by atoms with E-state index in [4.69, 9.17) is 14.2 Å². The van der Waals surface area contributed by atoms with E-state index in [1.165, 1.54) is 24.4 Å². The van der Waals surface area contributed by atoms with Gasteiger partial charge in [-0.1, -0.05) is 0 Å². The summed E-state index contributed by atoms with van der Waals surface area (Å²) in [7, 11) is 1.63. The number of H-pyrrole nitrogens is 1. The van der Waals surface area contributed by atoms with Crippen LogP contribution >= 0.6 is 11.8 Å². The molecule has 0 amide bonds. The normalized spacial score (nSPS) is 15.0. The number of aromatic amines is 1. The van der Waals surface area contributed by atoms with Gasteiger partial charge < -0.3 is 14.2 Å². The SMILES string of the molecule is COc1cc2ncnc(Sc3ncn[nH]3)c2cc1OCCCN1CCOCC1. The van der Waals surface area contributed by atoms with E-state index in [1.807, 2.05) is 12.1 Å². The molecule has 148 valence electrons. The Kier molecular flexibility index (Phi) is 6.20. The lowest BCUT2D eigenvalue weighted by Gasteiger charge is -2.26. The molecule has 0 radical (unpaired) electrons. The van der Waals surface area contributed by atoms with E-state index in [2.05, 4.69) is 30.0 Å². The number of rotatable bonds is 8. The largest absolute Gasteiger partial charge is 0.493 e. The maximum absolute atomic E-state index is 6.03. The third kappa shape index (κ3) is 4.51. The minimum atomic E-state index is 0.609. The number of methoxy groups -OCH3 is 1. The van der Waals surface area contributed by atoms with Crippen molar-refractivity contribution in [2.45, 2.75) is 16.6 Å². The quantitative estimate of drug-likeness (QED) is 0.448. The Balaban J connectivity index is 1.48. The second-order valence-corrected chi connectivity index (χ2v) is 7.23. The summed E-state index contributed by atoms with van der Waals surface area (Å²) >= 11 is 1.40. The fourth-order valence-corrected chi connectivity index (χ4v) is 3.78. The maximum atomic E-state index is 6.03. The van der Waals surface area contributed by atoms with Gasteiger partial charge in [-0.15, -0.1) is 0 Å². The summed E-state index contributed by atoms with van der Waals surface area (Å²) < 4.78 is 16.9. The zero-order valence-corrected chi connectivity index (χ0v) is 16.4. The van der Waals surface area contributed by atoms with Crippen LogP contribution in [0.5, 0.6) is 11.5 Å². The topological polar surface area (TPSA) is 98.3 Å². The highest BCUT2D eigenvalue weighted by Crippen LogP contribution is 2.36. The molecule has 0 aliphatic carbocycles. The smallest absolute Gasteiger partial charge is 0.189 e. The molecule has 9 nitrogen and oxygen atoms in total. The Morgan fingerprint density at radius 2 is 2.04 bits per heavy atom. The molecule has 0 atom stereocenters. The van der Waals surface area contributed by atoms with E-state index in [9.17, 15) is 0 Å². The minimum absolute atomic E-state index is 0.609. The Morgan fingerprint density at radius 3 is 2.82 bits per heavy atom. The van der Waals surface area contributed by atoms with Crippen molar-refractivity contribution in [1.29, 1.82) is 0 Å². The van der Waals surface area contributed by atoms with E-state index in [1.54, 1.807) is 7.11 Å². The fraction of sp³-hybridized carbons (Fsp3) is 0.444. The van der Waals surface area contributed by atoms with Gasteiger partial charge in [0.05, 0.1) is 32.4 Å². The number of nitrogens with one attached hydrogen (secondary N) is 1. The number of hydrogen-bond acceptors (Lipinski definition) is 9. The fourth-order valence-electron chi connectivity index (χ4n) is 3.02. The molecule has 10 heteroatoms. The zero-order valence-electron chi connectivity index (χ0n) is 15.6. The van der Waals surface area contributed by atoms with Crippen LogP contribution in [0.3, 0.4) is 0 Å². The van der Waals surface area contributed by atoms with Crippen molar-refractivity contribution in [2.24, 2.45) is 0 Å². The van der Waals surface area contributed by atoms with Gasteiger partial charge in [0.1, 0.15) is 17.7 Å². The van der Waals surface area contributed by atoms with Crippen LogP contribution in [0, 0.1) is 0 Å². The zero-order chi connectivity index (χ0) is 19.2. The highest BCUT2D eigenvalue weighted by atomic mass is 32.2. The van der Waals surface area contributed by atoms with Crippen molar-refractivity contribution in [3.8, 4) is 11.5 Å². The van der Waals surface area contributed by atoms with Gasteiger partial charge in [-0.3, -0.25) is 10.00 Å². The number of benzene rings is 1. The Labute approximate surface area is 166 Å². The predicted octanol–water partition coefficient (Wildman–Crippen LogP) is 2.01. The van der Waals surface area contributed by atoms with Gasteiger partial charge in [-0.25, -0.2) is 15.0 Å². The van der Waals surface area contributed by atoms with Gasteiger partial charge >= 0.3 is 0 Å². The van der Waals surface area contributed by atoms with Crippen molar-refractivity contribution in [3.63, 3.8) is 0 Å². The molecule has 1 aliphatic heterocycles. The average molecular weight is 402 g/mol. The third-order valence-corrected chi connectivity index (χ3v) is 5.36. The lowest BCUT2D eigenvalue weighted by Crippen LogP contribution is -2.37. The Morgan fingerprint density at radius 1 is 1.14 bits per heavy atom. The average Bonchev–Trinajstić information content (AvgIpc) is 3.25. The van der Waals surface area contributed by atoms with Crippen LogP contribution < -0.4 is 9.47 Å². The molecule has 28 heavy (non-hydrogen) atoms. The van der Waals surface area contributed by atoms with Gasteiger partial charge in [0.25, 0.3) is 0 Å². The van der Waals surface area contributed by atoms with Crippen LogP contribution in [-0.2, 0) is 4.74 Å². The van der Waals surface area contributed by atoms with Crippen LogP contribution in [0.2, 0.25) is 0 Å². The first kappa shape index (κ1) is 18.9. The highest BCUT2D eigenvalue weighted by molar-refractivity contribution is 7.99. The number of aromatic nitrogens is 5. The van der Waals surface area contributed by atoms with E-state index in [0.29, 0.717) is 23.3 Å².